The zero-order valence-corrected chi connectivity index (χ0v) is 22.6. The van der Waals surface area contributed by atoms with Crippen molar-refractivity contribution in [1.29, 1.82) is 5.41 Å². The van der Waals surface area contributed by atoms with Gasteiger partial charge in [0.25, 0.3) is 16.0 Å². The van der Waals surface area contributed by atoms with Crippen molar-refractivity contribution in [2.45, 2.75) is 32.7 Å². The Morgan fingerprint density at radius 2 is 1.73 bits per heavy atom. The molecule has 220 valence electrons. The first kappa shape index (κ1) is 34.2. The Labute approximate surface area is 230 Å². The summed E-state index contributed by atoms with van der Waals surface area (Å²) in [7, 11) is -4.31. The van der Waals surface area contributed by atoms with Gasteiger partial charge in [0.1, 0.15) is 22.7 Å². The number of nitrogens with zero attached hydrogens (tertiary/aromatic N) is 1. The van der Waals surface area contributed by atoms with Crippen LogP contribution in [0.25, 0.3) is 6.08 Å². The fourth-order valence-corrected chi connectivity index (χ4v) is 4.04. The number of hydrogen-bond acceptors (Lipinski definition) is 9. The SMILES string of the molecule is CCC(O)N(CCS(=O)(=O)O)C(=O)/C(C)=C/c1ccc(C(=O)Oc2ccc(C(=N)N)cc2)s1.O=C(O)C(F)(F)F. The smallest absolute Gasteiger partial charge is 0.475 e. The molecular formula is C23H26F3N3O9S2. The van der Waals surface area contributed by atoms with Gasteiger partial charge in [0.2, 0.25) is 0 Å². The number of alkyl halides is 3. The highest BCUT2D eigenvalue weighted by Crippen LogP contribution is 2.23. The number of thiophene rings is 1. The van der Waals surface area contributed by atoms with E-state index in [9.17, 15) is 36.3 Å². The quantitative estimate of drug-likeness (QED) is 0.0506. The van der Waals surface area contributed by atoms with Crippen molar-refractivity contribution in [2.75, 3.05) is 12.3 Å². The number of amides is 1. The minimum atomic E-state index is -5.08. The number of carboxylic acids is 1. The monoisotopic (exact) mass is 609 g/mol. The lowest BCUT2D eigenvalue weighted by Gasteiger charge is -2.27. The number of carbonyl (C=O) groups excluding carboxylic acids is 2. The highest BCUT2D eigenvalue weighted by Gasteiger charge is 2.38. The highest BCUT2D eigenvalue weighted by molar-refractivity contribution is 7.85. The molecule has 0 bridgehead atoms. The van der Waals surface area contributed by atoms with Crippen LogP contribution in [0.5, 0.6) is 5.75 Å². The molecule has 1 heterocycles. The largest absolute Gasteiger partial charge is 0.490 e. The van der Waals surface area contributed by atoms with Crippen LogP contribution in [0.3, 0.4) is 0 Å². The van der Waals surface area contributed by atoms with E-state index in [1.165, 1.54) is 31.2 Å². The van der Waals surface area contributed by atoms with E-state index in [1.807, 2.05) is 0 Å². The molecule has 2 rings (SSSR count). The molecule has 0 fully saturated rings. The minimum Gasteiger partial charge on any atom is -0.475 e. The first-order chi connectivity index (χ1) is 18.4. The van der Waals surface area contributed by atoms with Crippen LogP contribution in [0.1, 0.15) is 40.4 Å². The third-order valence-electron chi connectivity index (χ3n) is 4.72. The predicted octanol–water partition coefficient (Wildman–Crippen LogP) is 2.73. The number of amidine groups is 1. The number of esters is 1. The molecule has 12 nitrogen and oxygen atoms in total. The number of benzene rings is 1. The van der Waals surface area contributed by atoms with Gasteiger partial charge in [-0.25, -0.2) is 9.59 Å². The summed E-state index contributed by atoms with van der Waals surface area (Å²) in [6, 6.07) is 9.31. The number of nitrogens with two attached hydrogens (primary N) is 1. The number of halogens is 3. The van der Waals surface area contributed by atoms with E-state index >= 15 is 0 Å². The zero-order valence-electron chi connectivity index (χ0n) is 21.0. The fraction of sp³-hybridized carbons (Fsp3) is 0.304. The lowest BCUT2D eigenvalue weighted by atomic mass is 10.2. The van der Waals surface area contributed by atoms with Crippen LogP contribution in [0.4, 0.5) is 13.2 Å². The molecule has 1 unspecified atom stereocenters. The average Bonchev–Trinajstić information content (AvgIpc) is 3.31. The summed E-state index contributed by atoms with van der Waals surface area (Å²) in [4.78, 5) is 35.8. The number of aliphatic carboxylic acids is 1. The number of ether oxygens (including phenoxy) is 1. The van der Waals surface area contributed by atoms with Crippen LogP contribution >= 0.6 is 11.3 Å². The molecule has 6 N–H and O–H groups in total. The number of hydrogen-bond donors (Lipinski definition) is 5. The van der Waals surface area contributed by atoms with Crippen molar-refractivity contribution >= 4 is 51.2 Å². The number of nitrogen functional groups attached to an aromatic ring is 1. The third-order valence-corrected chi connectivity index (χ3v) is 6.43. The topological polar surface area (TPSA) is 208 Å². The first-order valence-electron chi connectivity index (χ1n) is 11.0. The van der Waals surface area contributed by atoms with Gasteiger partial charge in [0.15, 0.2) is 0 Å². The summed E-state index contributed by atoms with van der Waals surface area (Å²) in [6.07, 6.45) is -4.62. The number of rotatable bonds is 10. The van der Waals surface area contributed by atoms with Gasteiger partial charge in [-0.2, -0.15) is 21.6 Å². The molecule has 0 spiro atoms. The van der Waals surface area contributed by atoms with E-state index in [0.717, 1.165) is 16.2 Å². The van der Waals surface area contributed by atoms with Crippen LogP contribution in [0.15, 0.2) is 42.0 Å². The highest BCUT2D eigenvalue weighted by atomic mass is 32.2. The Morgan fingerprint density at radius 1 is 1.18 bits per heavy atom. The third kappa shape index (κ3) is 11.5. The molecule has 0 radical (unpaired) electrons. The number of carboxylic acid groups (broad SMARTS) is 1. The van der Waals surface area contributed by atoms with E-state index in [4.69, 9.17) is 30.3 Å². The Morgan fingerprint density at radius 3 is 2.17 bits per heavy atom. The van der Waals surface area contributed by atoms with E-state index in [0.29, 0.717) is 10.4 Å². The molecule has 0 aliphatic rings. The zero-order chi connectivity index (χ0) is 30.8. The maximum atomic E-state index is 12.7. The number of carbonyl (C=O) groups is 3. The van der Waals surface area contributed by atoms with Gasteiger partial charge in [0, 0.05) is 22.6 Å². The van der Waals surface area contributed by atoms with Gasteiger partial charge in [0.05, 0.1) is 5.75 Å². The second kappa shape index (κ2) is 14.5. The molecule has 2 aromatic rings. The van der Waals surface area contributed by atoms with Crippen molar-refractivity contribution in [1.82, 2.24) is 4.90 Å². The maximum absolute atomic E-state index is 12.7. The normalized spacial score (nSPS) is 12.5. The van der Waals surface area contributed by atoms with E-state index in [-0.39, 0.29) is 35.0 Å². The van der Waals surface area contributed by atoms with Gasteiger partial charge in [-0.15, -0.1) is 11.3 Å². The van der Waals surface area contributed by atoms with Crippen LogP contribution in [-0.4, -0.2) is 76.5 Å². The van der Waals surface area contributed by atoms with E-state index in [1.54, 1.807) is 25.1 Å². The lowest BCUT2D eigenvalue weighted by Crippen LogP contribution is -2.43. The van der Waals surface area contributed by atoms with Crippen LogP contribution < -0.4 is 10.5 Å². The van der Waals surface area contributed by atoms with E-state index < -0.39 is 46.1 Å². The van der Waals surface area contributed by atoms with Crippen molar-refractivity contribution in [3.63, 3.8) is 0 Å². The molecule has 17 heteroatoms. The van der Waals surface area contributed by atoms with Crippen molar-refractivity contribution < 1.29 is 55.5 Å². The van der Waals surface area contributed by atoms with Gasteiger partial charge in [-0.1, -0.05) is 6.92 Å². The standard InChI is InChI=1S/C21H25N3O7S2.C2HF3O2/c1-3-18(25)24(10-11-33(28,29)30)20(26)13(2)12-16-8-9-17(32-16)21(27)31-15-6-4-14(5-7-15)19(22)23;3-2(4,5)1(6)7/h4-9,12,18,25H,3,10-11H2,1-2H3,(H3,22,23)(H,28,29,30);(H,6,7)/b13-12+;. The summed E-state index contributed by atoms with van der Waals surface area (Å²) in [6.45, 7) is 2.75. The Hall–Kier alpha value is -3.80. The predicted molar refractivity (Wildman–Crippen MR) is 139 cm³/mol. The average molecular weight is 610 g/mol. The number of aliphatic hydroxyl groups is 1. The second-order valence-corrected chi connectivity index (χ2v) is 10.5. The number of aliphatic hydroxyl groups excluding tert-OH is 1. The number of nitrogens with one attached hydrogen (secondary N) is 1. The molecule has 0 saturated carbocycles. The van der Waals surface area contributed by atoms with Crippen LogP contribution in [0.2, 0.25) is 0 Å². The van der Waals surface area contributed by atoms with Crippen LogP contribution in [-0.2, 0) is 19.7 Å². The Bertz CT molecular complexity index is 1360. The summed E-state index contributed by atoms with van der Waals surface area (Å²) in [5.41, 5.74) is 6.10. The molecule has 0 saturated heterocycles. The maximum Gasteiger partial charge on any atom is 0.490 e. The van der Waals surface area contributed by atoms with Gasteiger partial charge >= 0.3 is 18.1 Å². The Balaban J connectivity index is 0.00000101. The fourth-order valence-electron chi connectivity index (χ4n) is 2.72. The van der Waals surface area contributed by atoms with Gasteiger partial charge in [-0.05, 0) is 55.8 Å². The molecule has 40 heavy (non-hydrogen) atoms. The van der Waals surface area contributed by atoms with Gasteiger partial charge in [-0.3, -0.25) is 14.8 Å². The second-order valence-electron chi connectivity index (χ2n) is 7.83. The minimum absolute atomic E-state index is 0.101. The molecule has 0 aliphatic heterocycles. The summed E-state index contributed by atoms with van der Waals surface area (Å²) < 4.78 is 68.1. The summed E-state index contributed by atoms with van der Waals surface area (Å²) >= 11 is 1.08. The molecule has 0 aliphatic carbocycles. The van der Waals surface area contributed by atoms with Crippen LogP contribution in [0, 0.1) is 5.41 Å². The Kier molecular flexibility index (Phi) is 12.4. The lowest BCUT2D eigenvalue weighted by molar-refractivity contribution is -0.192. The molecular weight excluding hydrogens is 583 g/mol. The first-order valence-corrected chi connectivity index (χ1v) is 13.5. The summed E-state index contributed by atoms with van der Waals surface area (Å²) in [5, 5.41) is 24.6. The molecule has 1 atom stereocenters. The van der Waals surface area contributed by atoms with E-state index in [2.05, 4.69) is 0 Å². The van der Waals surface area contributed by atoms with Crippen molar-refractivity contribution in [2.24, 2.45) is 5.73 Å². The van der Waals surface area contributed by atoms with Gasteiger partial charge < -0.3 is 25.6 Å². The molecule has 1 aromatic carbocycles. The van der Waals surface area contributed by atoms with Crippen molar-refractivity contribution in [3.8, 4) is 5.75 Å². The van der Waals surface area contributed by atoms with Crippen molar-refractivity contribution in [3.05, 3.63) is 57.3 Å². The summed E-state index contributed by atoms with van der Waals surface area (Å²) in [5.74, 6) is -4.48. The molecule has 1 amide bonds. The molecule has 1 aromatic heterocycles.